The summed E-state index contributed by atoms with van der Waals surface area (Å²) in [4.78, 5) is 4.40. The predicted molar refractivity (Wildman–Crippen MR) is 104 cm³/mol. The Bertz CT molecular complexity index is 910. The maximum Gasteiger partial charge on any atom is 0.246 e. The van der Waals surface area contributed by atoms with Gasteiger partial charge in [-0.3, -0.25) is 0 Å². The van der Waals surface area contributed by atoms with Crippen LogP contribution in [0.1, 0.15) is 17.0 Å². The van der Waals surface area contributed by atoms with Crippen molar-refractivity contribution in [3.05, 3.63) is 64.5 Å². The number of thiocarbonyl (C=S) groups is 1. The molecular formula is C18H17ClN4OS. The molecule has 3 aromatic rings. The molecular weight excluding hydrogens is 356 g/mol. The zero-order valence-electron chi connectivity index (χ0n) is 13.8. The van der Waals surface area contributed by atoms with Crippen LogP contribution in [-0.2, 0) is 6.54 Å². The summed E-state index contributed by atoms with van der Waals surface area (Å²) in [6.07, 6.45) is 0. The SMILES string of the molecule is Cc1ccc(NC(=S)NCc2nc(-c3ccccc3C)no2)cc1Cl. The van der Waals surface area contributed by atoms with Crippen LogP contribution in [0.5, 0.6) is 0 Å². The summed E-state index contributed by atoms with van der Waals surface area (Å²) in [5, 5.41) is 11.3. The summed E-state index contributed by atoms with van der Waals surface area (Å²) in [5.74, 6) is 1.03. The zero-order valence-corrected chi connectivity index (χ0v) is 15.4. The standard InChI is InChI=1S/C18H17ClN4OS/c1-11-5-3-4-6-14(11)17-22-16(24-23-17)10-20-18(25)21-13-8-7-12(2)15(19)9-13/h3-9H,10H2,1-2H3,(H2,20,21,25). The fraction of sp³-hybridized carbons (Fsp3) is 0.167. The van der Waals surface area contributed by atoms with Gasteiger partial charge in [-0.2, -0.15) is 4.98 Å². The van der Waals surface area contributed by atoms with Gasteiger partial charge in [-0.05, 0) is 49.3 Å². The van der Waals surface area contributed by atoms with Gasteiger partial charge in [0.2, 0.25) is 11.7 Å². The van der Waals surface area contributed by atoms with Crippen molar-refractivity contribution in [2.24, 2.45) is 0 Å². The topological polar surface area (TPSA) is 63.0 Å². The van der Waals surface area contributed by atoms with E-state index in [1.807, 2.05) is 56.3 Å². The Morgan fingerprint density at radius 2 is 1.96 bits per heavy atom. The lowest BCUT2D eigenvalue weighted by Crippen LogP contribution is -2.28. The first-order valence-corrected chi connectivity index (χ1v) is 8.51. The van der Waals surface area contributed by atoms with Gasteiger partial charge in [-0.15, -0.1) is 0 Å². The number of rotatable bonds is 4. The fourth-order valence-corrected chi connectivity index (χ4v) is 2.63. The summed E-state index contributed by atoms with van der Waals surface area (Å²) in [5.41, 5.74) is 3.88. The Hall–Kier alpha value is -2.44. The molecule has 0 aliphatic rings. The molecule has 0 fully saturated rings. The van der Waals surface area contributed by atoms with Gasteiger partial charge in [-0.25, -0.2) is 0 Å². The molecule has 0 bridgehead atoms. The van der Waals surface area contributed by atoms with Crippen molar-refractivity contribution < 1.29 is 4.52 Å². The average Bonchev–Trinajstić information content (AvgIpc) is 3.05. The highest BCUT2D eigenvalue weighted by atomic mass is 35.5. The highest BCUT2D eigenvalue weighted by Gasteiger charge is 2.10. The Labute approximate surface area is 156 Å². The van der Waals surface area contributed by atoms with Gasteiger partial charge < -0.3 is 15.2 Å². The third-order valence-electron chi connectivity index (χ3n) is 3.68. The molecule has 7 heteroatoms. The minimum Gasteiger partial charge on any atom is -0.353 e. The zero-order chi connectivity index (χ0) is 17.8. The van der Waals surface area contributed by atoms with Crippen molar-refractivity contribution in [2.45, 2.75) is 20.4 Å². The van der Waals surface area contributed by atoms with Crippen molar-refractivity contribution >= 4 is 34.6 Å². The number of nitrogens with zero attached hydrogens (tertiary/aromatic N) is 2. The highest BCUT2D eigenvalue weighted by Crippen LogP contribution is 2.21. The van der Waals surface area contributed by atoms with Crippen molar-refractivity contribution in [1.82, 2.24) is 15.5 Å². The lowest BCUT2D eigenvalue weighted by Gasteiger charge is -2.09. The molecule has 1 heterocycles. The van der Waals surface area contributed by atoms with E-state index in [0.29, 0.717) is 28.4 Å². The average molecular weight is 373 g/mol. The molecule has 3 rings (SSSR count). The van der Waals surface area contributed by atoms with Crippen LogP contribution in [0.4, 0.5) is 5.69 Å². The van der Waals surface area contributed by atoms with E-state index in [1.165, 1.54) is 0 Å². The van der Waals surface area contributed by atoms with E-state index < -0.39 is 0 Å². The van der Waals surface area contributed by atoms with Crippen LogP contribution in [0.2, 0.25) is 5.02 Å². The maximum atomic E-state index is 6.11. The van der Waals surface area contributed by atoms with E-state index >= 15 is 0 Å². The molecule has 0 aliphatic heterocycles. The number of nitrogens with one attached hydrogen (secondary N) is 2. The fourth-order valence-electron chi connectivity index (χ4n) is 2.26. The van der Waals surface area contributed by atoms with Crippen molar-refractivity contribution in [1.29, 1.82) is 0 Å². The summed E-state index contributed by atoms with van der Waals surface area (Å²) in [6, 6.07) is 13.6. The van der Waals surface area contributed by atoms with E-state index in [9.17, 15) is 0 Å². The second-order valence-corrected chi connectivity index (χ2v) is 6.41. The first kappa shape index (κ1) is 17.4. The normalized spacial score (nSPS) is 10.5. The smallest absolute Gasteiger partial charge is 0.246 e. The summed E-state index contributed by atoms with van der Waals surface area (Å²) < 4.78 is 5.28. The van der Waals surface area contributed by atoms with Crippen molar-refractivity contribution in [3.63, 3.8) is 0 Å². The number of aromatic nitrogens is 2. The van der Waals surface area contributed by atoms with E-state index in [4.69, 9.17) is 28.3 Å². The highest BCUT2D eigenvalue weighted by molar-refractivity contribution is 7.80. The largest absolute Gasteiger partial charge is 0.353 e. The molecule has 5 nitrogen and oxygen atoms in total. The summed E-state index contributed by atoms with van der Waals surface area (Å²) in [6.45, 7) is 4.30. The minimum absolute atomic E-state index is 0.338. The predicted octanol–water partition coefficient (Wildman–Crippen LogP) is 4.49. The monoisotopic (exact) mass is 372 g/mol. The third-order valence-corrected chi connectivity index (χ3v) is 4.34. The molecule has 0 radical (unpaired) electrons. The maximum absolute atomic E-state index is 6.11. The lowest BCUT2D eigenvalue weighted by atomic mass is 10.1. The summed E-state index contributed by atoms with van der Waals surface area (Å²) in [7, 11) is 0. The molecule has 0 unspecified atom stereocenters. The van der Waals surface area contributed by atoms with Gasteiger partial charge in [0.25, 0.3) is 0 Å². The Kier molecular flexibility index (Phi) is 5.31. The molecule has 128 valence electrons. The van der Waals surface area contributed by atoms with Crippen LogP contribution in [-0.4, -0.2) is 15.3 Å². The summed E-state index contributed by atoms with van der Waals surface area (Å²) >= 11 is 11.4. The second kappa shape index (κ2) is 7.63. The molecule has 1 aromatic heterocycles. The number of halogens is 1. The first-order chi connectivity index (χ1) is 12.0. The molecule has 2 N–H and O–H groups in total. The molecule has 0 atom stereocenters. The van der Waals surface area contributed by atoms with Crippen molar-refractivity contribution in [2.75, 3.05) is 5.32 Å². The first-order valence-electron chi connectivity index (χ1n) is 7.72. The second-order valence-electron chi connectivity index (χ2n) is 5.60. The lowest BCUT2D eigenvalue weighted by molar-refractivity contribution is 0.376. The van der Waals surface area contributed by atoms with Crippen LogP contribution in [0, 0.1) is 13.8 Å². The third kappa shape index (κ3) is 4.35. The number of aryl methyl sites for hydroxylation is 2. The quantitative estimate of drug-likeness (QED) is 0.658. The number of hydrogen-bond acceptors (Lipinski definition) is 4. The van der Waals surface area contributed by atoms with E-state index in [1.54, 1.807) is 0 Å². The van der Waals surface area contributed by atoms with Gasteiger partial charge in [0.1, 0.15) is 0 Å². The van der Waals surface area contributed by atoms with Gasteiger partial charge in [0.05, 0.1) is 6.54 Å². The van der Waals surface area contributed by atoms with Crippen molar-refractivity contribution in [3.8, 4) is 11.4 Å². The molecule has 0 saturated heterocycles. The van der Waals surface area contributed by atoms with Crippen LogP contribution < -0.4 is 10.6 Å². The van der Waals surface area contributed by atoms with Crippen LogP contribution in [0.3, 0.4) is 0 Å². The molecule has 2 aromatic carbocycles. The molecule has 25 heavy (non-hydrogen) atoms. The van der Waals surface area contributed by atoms with Gasteiger partial charge in [-0.1, -0.05) is 47.1 Å². The molecule has 0 amide bonds. The van der Waals surface area contributed by atoms with E-state index in [0.717, 1.165) is 22.4 Å². The molecule has 0 spiro atoms. The van der Waals surface area contributed by atoms with Crippen LogP contribution >= 0.6 is 23.8 Å². The Morgan fingerprint density at radius 1 is 1.16 bits per heavy atom. The number of hydrogen-bond donors (Lipinski definition) is 2. The Balaban J connectivity index is 1.59. The van der Waals surface area contributed by atoms with Gasteiger partial charge in [0.15, 0.2) is 5.11 Å². The Morgan fingerprint density at radius 3 is 2.72 bits per heavy atom. The van der Waals surface area contributed by atoms with Gasteiger partial charge >= 0.3 is 0 Å². The van der Waals surface area contributed by atoms with E-state index in [-0.39, 0.29) is 0 Å². The minimum atomic E-state index is 0.338. The molecule has 0 saturated carbocycles. The number of benzene rings is 2. The van der Waals surface area contributed by atoms with Crippen LogP contribution in [0.15, 0.2) is 47.0 Å². The van der Waals surface area contributed by atoms with Crippen LogP contribution in [0.25, 0.3) is 11.4 Å². The number of anilines is 1. The van der Waals surface area contributed by atoms with E-state index in [2.05, 4.69) is 20.8 Å². The van der Waals surface area contributed by atoms with Gasteiger partial charge in [0, 0.05) is 16.3 Å². The molecule has 0 aliphatic carbocycles.